The number of carbonyl (C=O) groups is 1. The first-order valence-corrected chi connectivity index (χ1v) is 18.2. The number of carbonyl (C=O) groups excluding carboxylic acids is 1. The summed E-state index contributed by atoms with van der Waals surface area (Å²) in [6, 6.07) is 11.2. The van der Waals surface area contributed by atoms with Gasteiger partial charge in [0, 0.05) is 37.5 Å². The molecular formula is C35H48N4O9S. The number of oxazole rings is 1. The molecule has 3 N–H and O–H groups in total. The van der Waals surface area contributed by atoms with Crippen LogP contribution in [0.25, 0.3) is 11.1 Å². The van der Waals surface area contributed by atoms with Crippen LogP contribution in [0.1, 0.15) is 53.0 Å². The van der Waals surface area contributed by atoms with Crippen molar-refractivity contribution in [2.75, 3.05) is 31.6 Å². The number of amides is 1. The van der Waals surface area contributed by atoms with E-state index < -0.39 is 40.7 Å². The molecule has 1 amide bonds. The predicted octanol–water partition coefficient (Wildman–Crippen LogP) is 5.06. The fraction of sp³-hybridized carbons (Fsp3) is 0.543. The van der Waals surface area contributed by atoms with E-state index in [1.54, 1.807) is 25.1 Å². The molecule has 0 aliphatic carbocycles. The van der Waals surface area contributed by atoms with E-state index in [4.69, 9.17) is 23.4 Å². The van der Waals surface area contributed by atoms with Crippen molar-refractivity contribution in [1.82, 2.24) is 14.6 Å². The van der Waals surface area contributed by atoms with Gasteiger partial charge in [0.15, 0.2) is 11.9 Å². The van der Waals surface area contributed by atoms with E-state index in [2.05, 4.69) is 22.2 Å². The molecule has 5 rings (SSSR count). The van der Waals surface area contributed by atoms with E-state index in [0.29, 0.717) is 54.7 Å². The molecular weight excluding hydrogens is 652 g/mol. The van der Waals surface area contributed by atoms with Gasteiger partial charge >= 0.3 is 6.09 Å². The first kappa shape index (κ1) is 36.6. The summed E-state index contributed by atoms with van der Waals surface area (Å²) in [7, 11) is -4.11. The number of aliphatic hydroxyl groups excluding tert-OH is 1. The second kappa shape index (κ2) is 15.9. The van der Waals surface area contributed by atoms with Crippen LogP contribution in [0, 0.1) is 11.8 Å². The third-order valence-electron chi connectivity index (χ3n) is 8.31. The summed E-state index contributed by atoms with van der Waals surface area (Å²) >= 11 is 0. The number of ether oxygens (including phenoxy) is 4. The molecule has 3 heterocycles. The fourth-order valence-electron chi connectivity index (χ4n) is 6.07. The highest BCUT2D eigenvalue weighted by molar-refractivity contribution is 7.89. The van der Waals surface area contributed by atoms with Gasteiger partial charge < -0.3 is 39.1 Å². The Kier molecular flexibility index (Phi) is 11.9. The molecule has 49 heavy (non-hydrogen) atoms. The molecule has 13 nitrogen and oxygen atoms in total. The summed E-state index contributed by atoms with van der Waals surface area (Å²) in [6.07, 6.45) is -1.39. The van der Waals surface area contributed by atoms with Crippen LogP contribution in [0.15, 0.2) is 64.1 Å². The van der Waals surface area contributed by atoms with Crippen molar-refractivity contribution in [2.24, 2.45) is 11.8 Å². The van der Waals surface area contributed by atoms with Crippen LogP contribution >= 0.6 is 0 Å². The number of allylic oxidation sites excluding steroid dienone is 1. The highest BCUT2D eigenvalue weighted by atomic mass is 32.2. The molecule has 2 aliphatic heterocycles. The largest absolute Gasteiger partial charge is 0.463 e. The van der Waals surface area contributed by atoms with Crippen molar-refractivity contribution >= 4 is 33.2 Å². The number of hydrogen-bond donors (Lipinski definition) is 3. The van der Waals surface area contributed by atoms with Gasteiger partial charge in [-0.25, -0.2) is 13.2 Å². The zero-order valence-electron chi connectivity index (χ0n) is 28.8. The summed E-state index contributed by atoms with van der Waals surface area (Å²) in [5.41, 5.74) is 1.62. The summed E-state index contributed by atoms with van der Waals surface area (Å²) in [6.45, 7) is 14.0. The molecule has 2 saturated heterocycles. The van der Waals surface area contributed by atoms with Crippen LogP contribution in [0.5, 0.6) is 5.75 Å². The predicted molar refractivity (Wildman–Crippen MR) is 184 cm³/mol. The molecule has 2 aromatic carbocycles. The molecule has 0 bridgehead atoms. The van der Waals surface area contributed by atoms with Gasteiger partial charge in [0.1, 0.15) is 17.4 Å². The van der Waals surface area contributed by atoms with E-state index in [-0.39, 0.29) is 42.3 Å². The molecule has 2 aliphatic rings. The summed E-state index contributed by atoms with van der Waals surface area (Å²) in [5.74, 6) is 0.994. The van der Waals surface area contributed by atoms with Crippen molar-refractivity contribution in [3.05, 3.63) is 60.4 Å². The van der Waals surface area contributed by atoms with Crippen LogP contribution < -0.4 is 15.4 Å². The topological polar surface area (TPSA) is 162 Å². The Morgan fingerprint density at radius 3 is 2.47 bits per heavy atom. The molecule has 1 aromatic heterocycles. The second-order valence-electron chi connectivity index (χ2n) is 13.4. The van der Waals surface area contributed by atoms with Gasteiger partial charge in [0.25, 0.3) is 6.01 Å². The standard InChI is InChI=1S/C35H48N4O9S/c1-21(2)19-39(49(42,43)26-11-12-28-32(18-26)47-34(37-28)36-22(3)4)20-30(40)29(17-24-7-9-25(10-8-24)46-23(5)6)38-35(41)48-31-14-16-45-33-27(31)13-15-44-33/h7-12,18,21-22,27,29-31,33,40H,5,13-17,19-20H2,1-4,6H3,(H,36,37)(H,38,41)/t27-,29-,30+,31-,33+/m0/s1. The number of benzene rings is 2. The van der Waals surface area contributed by atoms with Gasteiger partial charge in [0.2, 0.25) is 10.0 Å². The Labute approximate surface area is 288 Å². The lowest BCUT2D eigenvalue weighted by molar-refractivity contribution is -0.179. The first-order chi connectivity index (χ1) is 23.3. The molecule has 0 radical (unpaired) electrons. The van der Waals surface area contributed by atoms with Crippen LogP contribution in [0.3, 0.4) is 0 Å². The molecule has 268 valence electrons. The lowest BCUT2D eigenvalue weighted by Gasteiger charge is -2.33. The number of aliphatic hydroxyl groups is 1. The third-order valence-corrected chi connectivity index (χ3v) is 10.1. The van der Waals surface area contributed by atoms with E-state index in [1.165, 1.54) is 16.4 Å². The second-order valence-corrected chi connectivity index (χ2v) is 15.4. The van der Waals surface area contributed by atoms with Gasteiger partial charge in [0.05, 0.1) is 36.0 Å². The van der Waals surface area contributed by atoms with E-state index in [1.807, 2.05) is 39.8 Å². The van der Waals surface area contributed by atoms with Crippen molar-refractivity contribution in [3.63, 3.8) is 0 Å². The van der Waals surface area contributed by atoms with Crippen molar-refractivity contribution < 1.29 is 41.7 Å². The Morgan fingerprint density at radius 2 is 1.80 bits per heavy atom. The van der Waals surface area contributed by atoms with Gasteiger partial charge in [-0.15, -0.1) is 0 Å². The van der Waals surface area contributed by atoms with Gasteiger partial charge in [-0.05, 0) is 69.4 Å². The van der Waals surface area contributed by atoms with Crippen LogP contribution in [-0.2, 0) is 30.7 Å². The van der Waals surface area contributed by atoms with E-state index in [0.717, 1.165) is 5.56 Å². The summed E-state index contributed by atoms with van der Waals surface area (Å²) in [4.78, 5) is 17.7. The van der Waals surface area contributed by atoms with Gasteiger partial charge in [-0.2, -0.15) is 9.29 Å². The third kappa shape index (κ3) is 9.51. The quantitative estimate of drug-likeness (QED) is 0.182. The summed E-state index contributed by atoms with van der Waals surface area (Å²) in [5, 5.41) is 17.6. The Bertz CT molecular complexity index is 1690. The minimum absolute atomic E-state index is 0.00460. The average molecular weight is 701 g/mol. The Balaban J connectivity index is 1.37. The fourth-order valence-corrected chi connectivity index (χ4v) is 7.70. The zero-order valence-corrected chi connectivity index (χ0v) is 29.6. The maximum atomic E-state index is 14.1. The van der Waals surface area contributed by atoms with Gasteiger partial charge in [-0.3, -0.25) is 0 Å². The highest BCUT2D eigenvalue weighted by Crippen LogP contribution is 2.33. The molecule has 5 atom stereocenters. The van der Waals surface area contributed by atoms with Crippen LogP contribution in [0.2, 0.25) is 0 Å². The zero-order chi connectivity index (χ0) is 35.3. The Hall–Kier alpha value is -3.69. The van der Waals surface area contributed by atoms with Crippen molar-refractivity contribution in [3.8, 4) is 5.75 Å². The highest BCUT2D eigenvalue weighted by Gasteiger charge is 2.41. The molecule has 0 spiro atoms. The van der Waals surface area contributed by atoms with Crippen molar-refractivity contribution in [1.29, 1.82) is 0 Å². The number of nitrogens with one attached hydrogen (secondary N) is 2. The minimum Gasteiger partial charge on any atom is -0.463 e. The van der Waals surface area contributed by atoms with Crippen molar-refractivity contribution in [2.45, 2.75) is 89.4 Å². The van der Waals surface area contributed by atoms with Crippen LogP contribution in [0.4, 0.5) is 10.8 Å². The number of hydrogen-bond acceptors (Lipinski definition) is 11. The number of aromatic nitrogens is 1. The molecule has 14 heteroatoms. The summed E-state index contributed by atoms with van der Waals surface area (Å²) < 4.78 is 58.0. The molecule has 2 fully saturated rings. The maximum absolute atomic E-state index is 14.1. The van der Waals surface area contributed by atoms with E-state index in [9.17, 15) is 18.3 Å². The number of nitrogens with zero attached hydrogens (tertiary/aromatic N) is 2. The molecule has 0 saturated carbocycles. The minimum atomic E-state index is -4.11. The van der Waals surface area contributed by atoms with Crippen LogP contribution in [-0.4, -0.2) is 85.8 Å². The maximum Gasteiger partial charge on any atom is 0.407 e. The number of anilines is 1. The van der Waals surface area contributed by atoms with E-state index >= 15 is 0 Å². The number of fused-ring (bicyclic) bond motifs is 2. The first-order valence-electron chi connectivity index (χ1n) is 16.8. The molecule has 0 unspecified atom stereocenters. The lowest BCUT2D eigenvalue weighted by atomic mass is 9.95. The monoisotopic (exact) mass is 700 g/mol. The number of alkyl carbamates (subject to hydrolysis) is 1. The van der Waals surface area contributed by atoms with Gasteiger partial charge in [-0.1, -0.05) is 32.6 Å². The number of rotatable bonds is 15. The average Bonchev–Trinajstić information content (AvgIpc) is 3.67. The SMILES string of the molecule is C=C(C)Oc1ccc(C[C@H](NC(=O)O[C@H]2CCO[C@H]3OCC[C@H]32)[C@H](O)CN(CC(C)C)S(=O)(=O)c2ccc3nc(NC(C)C)oc3c2)cc1. The Morgan fingerprint density at radius 1 is 1.08 bits per heavy atom. The number of sulfonamides is 1. The normalized spacial score (nSPS) is 20.7. The smallest absolute Gasteiger partial charge is 0.407 e. The lowest BCUT2D eigenvalue weighted by Crippen LogP contribution is -2.52. The molecule has 3 aromatic rings.